The average molecular weight is 317 g/mol. The summed E-state index contributed by atoms with van der Waals surface area (Å²) < 4.78 is 0. The van der Waals surface area contributed by atoms with Crippen LogP contribution in [0.3, 0.4) is 0 Å². The average Bonchev–Trinajstić information content (AvgIpc) is 2.48. The minimum absolute atomic E-state index is 0.170. The van der Waals surface area contributed by atoms with E-state index in [0.717, 1.165) is 11.1 Å². The molecule has 0 saturated heterocycles. The fourth-order valence-corrected chi connectivity index (χ4v) is 2.21. The summed E-state index contributed by atoms with van der Waals surface area (Å²) in [6.07, 6.45) is 0. The van der Waals surface area contributed by atoms with Crippen LogP contribution in [0, 0.1) is 6.92 Å². The molecular formula is C17H17ClN2O2. The lowest BCUT2D eigenvalue weighted by Crippen LogP contribution is -2.23. The number of rotatable bonds is 4. The van der Waals surface area contributed by atoms with E-state index >= 15 is 0 Å². The highest BCUT2D eigenvalue weighted by molar-refractivity contribution is 6.31. The first-order valence-corrected chi connectivity index (χ1v) is 7.25. The SMILES string of the molecule is CC(=O)Nc1cc(C(=O)NCc2ccccc2Cl)ccc1C. The van der Waals surface area contributed by atoms with Gasteiger partial charge in [0, 0.05) is 29.7 Å². The first kappa shape index (κ1) is 16.0. The third kappa shape index (κ3) is 4.09. The van der Waals surface area contributed by atoms with E-state index in [2.05, 4.69) is 10.6 Å². The van der Waals surface area contributed by atoms with Crippen molar-refractivity contribution < 1.29 is 9.59 Å². The molecule has 0 bridgehead atoms. The van der Waals surface area contributed by atoms with Crippen LogP contribution in [-0.4, -0.2) is 11.8 Å². The number of hydrogen-bond acceptors (Lipinski definition) is 2. The van der Waals surface area contributed by atoms with Gasteiger partial charge < -0.3 is 10.6 Å². The van der Waals surface area contributed by atoms with Gasteiger partial charge in [-0.25, -0.2) is 0 Å². The lowest BCUT2D eigenvalue weighted by Gasteiger charge is -2.10. The van der Waals surface area contributed by atoms with Crippen LogP contribution in [0.15, 0.2) is 42.5 Å². The Hall–Kier alpha value is -2.33. The maximum Gasteiger partial charge on any atom is 0.251 e. The van der Waals surface area contributed by atoms with Gasteiger partial charge in [0.15, 0.2) is 0 Å². The Bertz CT molecular complexity index is 714. The largest absolute Gasteiger partial charge is 0.348 e. The van der Waals surface area contributed by atoms with Crippen molar-refractivity contribution in [1.82, 2.24) is 5.32 Å². The number of amides is 2. The van der Waals surface area contributed by atoms with Gasteiger partial charge in [0.1, 0.15) is 0 Å². The fraction of sp³-hybridized carbons (Fsp3) is 0.176. The van der Waals surface area contributed by atoms with E-state index in [1.165, 1.54) is 6.92 Å². The number of carbonyl (C=O) groups excluding carboxylic acids is 2. The molecular weight excluding hydrogens is 300 g/mol. The van der Waals surface area contributed by atoms with E-state index in [1.54, 1.807) is 24.3 Å². The van der Waals surface area contributed by atoms with Crippen molar-refractivity contribution in [2.24, 2.45) is 0 Å². The second-order valence-electron chi connectivity index (χ2n) is 4.98. The van der Waals surface area contributed by atoms with E-state index in [9.17, 15) is 9.59 Å². The number of benzene rings is 2. The second kappa shape index (κ2) is 7.09. The number of carbonyl (C=O) groups is 2. The summed E-state index contributed by atoms with van der Waals surface area (Å²) in [6.45, 7) is 3.65. The van der Waals surface area contributed by atoms with Crippen LogP contribution >= 0.6 is 11.6 Å². The summed E-state index contributed by atoms with van der Waals surface area (Å²) >= 11 is 6.06. The van der Waals surface area contributed by atoms with Crippen molar-refractivity contribution in [3.05, 3.63) is 64.2 Å². The fourth-order valence-electron chi connectivity index (χ4n) is 2.01. The highest BCUT2D eigenvalue weighted by atomic mass is 35.5. The highest BCUT2D eigenvalue weighted by Crippen LogP contribution is 2.18. The van der Waals surface area contributed by atoms with Gasteiger partial charge in [-0.15, -0.1) is 0 Å². The molecule has 22 heavy (non-hydrogen) atoms. The number of aryl methyl sites for hydroxylation is 1. The van der Waals surface area contributed by atoms with E-state index in [1.807, 2.05) is 25.1 Å². The minimum Gasteiger partial charge on any atom is -0.348 e. The van der Waals surface area contributed by atoms with E-state index in [4.69, 9.17) is 11.6 Å². The predicted molar refractivity (Wildman–Crippen MR) is 88.1 cm³/mol. The molecule has 2 amide bonds. The van der Waals surface area contributed by atoms with Crippen molar-refractivity contribution in [1.29, 1.82) is 0 Å². The molecule has 0 spiro atoms. The number of anilines is 1. The summed E-state index contributed by atoms with van der Waals surface area (Å²) in [5.74, 6) is -0.386. The normalized spacial score (nSPS) is 10.1. The first-order chi connectivity index (χ1) is 10.5. The molecule has 0 unspecified atom stereocenters. The molecule has 5 heteroatoms. The molecule has 0 aliphatic rings. The third-order valence-electron chi connectivity index (χ3n) is 3.21. The summed E-state index contributed by atoms with van der Waals surface area (Å²) in [5, 5.41) is 6.15. The summed E-state index contributed by atoms with van der Waals surface area (Å²) in [7, 11) is 0. The van der Waals surface area contributed by atoms with Gasteiger partial charge in [0.25, 0.3) is 5.91 Å². The van der Waals surface area contributed by atoms with Crippen LogP contribution < -0.4 is 10.6 Å². The zero-order chi connectivity index (χ0) is 16.1. The smallest absolute Gasteiger partial charge is 0.251 e. The Morgan fingerprint density at radius 3 is 2.55 bits per heavy atom. The van der Waals surface area contributed by atoms with E-state index < -0.39 is 0 Å². The van der Waals surface area contributed by atoms with Crippen molar-refractivity contribution in [2.45, 2.75) is 20.4 Å². The number of nitrogens with one attached hydrogen (secondary N) is 2. The number of hydrogen-bond donors (Lipinski definition) is 2. The lowest BCUT2D eigenvalue weighted by atomic mass is 10.1. The van der Waals surface area contributed by atoms with Crippen molar-refractivity contribution >= 4 is 29.1 Å². The quantitative estimate of drug-likeness (QED) is 0.906. The minimum atomic E-state index is -0.216. The van der Waals surface area contributed by atoms with Crippen molar-refractivity contribution in [3.8, 4) is 0 Å². The molecule has 0 heterocycles. The third-order valence-corrected chi connectivity index (χ3v) is 3.58. The molecule has 0 saturated carbocycles. The summed E-state index contributed by atoms with van der Waals surface area (Å²) in [6, 6.07) is 12.5. The van der Waals surface area contributed by atoms with Crippen molar-refractivity contribution in [3.63, 3.8) is 0 Å². The van der Waals surface area contributed by atoms with Gasteiger partial charge in [-0.05, 0) is 36.2 Å². The molecule has 0 fully saturated rings. The second-order valence-corrected chi connectivity index (χ2v) is 5.39. The van der Waals surface area contributed by atoms with Gasteiger partial charge >= 0.3 is 0 Å². The van der Waals surface area contributed by atoms with Crippen LogP contribution in [0.5, 0.6) is 0 Å². The molecule has 4 nitrogen and oxygen atoms in total. The number of halogens is 1. The predicted octanol–water partition coefficient (Wildman–Crippen LogP) is 3.54. The zero-order valence-corrected chi connectivity index (χ0v) is 13.2. The molecule has 0 aliphatic heterocycles. The Morgan fingerprint density at radius 2 is 1.86 bits per heavy atom. The van der Waals surface area contributed by atoms with Crippen LogP contribution in [0.25, 0.3) is 0 Å². The maximum absolute atomic E-state index is 12.2. The van der Waals surface area contributed by atoms with Crippen LogP contribution in [-0.2, 0) is 11.3 Å². The Morgan fingerprint density at radius 1 is 1.14 bits per heavy atom. The molecule has 0 atom stereocenters. The molecule has 0 aromatic heterocycles. The molecule has 2 N–H and O–H groups in total. The molecule has 2 rings (SSSR count). The standard InChI is InChI=1S/C17H17ClN2O2/c1-11-7-8-13(9-16(11)20-12(2)21)17(22)19-10-14-5-3-4-6-15(14)18/h3-9H,10H2,1-2H3,(H,19,22)(H,20,21). The Labute approximate surface area is 134 Å². The molecule has 114 valence electrons. The van der Waals surface area contributed by atoms with Gasteiger partial charge in [-0.1, -0.05) is 35.9 Å². The van der Waals surface area contributed by atoms with E-state index in [-0.39, 0.29) is 11.8 Å². The van der Waals surface area contributed by atoms with Crippen LogP contribution in [0.1, 0.15) is 28.4 Å². The van der Waals surface area contributed by atoms with Gasteiger partial charge in [0.05, 0.1) is 0 Å². The topological polar surface area (TPSA) is 58.2 Å². The van der Waals surface area contributed by atoms with Crippen LogP contribution in [0.4, 0.5) is 5.69 Å². The van der Waals surface area contributed by atoms with Crippen LogP contribution in [0.2, 0.25) is 5.02 Å². The van der Waals surface area contributed by atoms with Gasteiger partial charge in [0.2, 0.25) is 5.91 Å². The molecule has 2 aromatic rings. The highest BCUT2D eigenvalue weighted by Gasteiger charge is 2.09. The Balaban J connectivity index is 2.09. The maximum atomic E-state index is 12.2. The summed E-state index contributed by atoms with van der Waals surface area (Å²) in [4.78, 5) is 23.4. The van der Waals surface area contributed by atoms with Gasteiger partial charge in [-0.2, -0.15) is 0 Å². The van der Waals surface area contributed by atoms with Gasteiger partial charge in [-0.3, -0.25) is 9.59 Å². The molecule has 0 radical (unpaired) electrons. The van der Waals surface area contributed by atoms with Crippen molar-refractivity contribution in [2.75, 3.05) is 5.32 Å². The molecule has 2 aromatic carbocycles. The zero-order valence-electron chi connectivity index (χ0n) is 12.4. The van der Waals surface area contributed by atoms with E-state index in [0.29, 0.717) is 22.8 Å². The Kier molecular flexibility index (Phi) is 5.17. The monoisotopic (exact) mass is 316 g/mol. The molecule has 0 aliphatic carbocycles. The summed E-state index contributed by atoms with van der Waals surface area (Å²) in [5.41, 5.74) is 2.88. The first-order valence-electron chi connectivity index (χ1n) is 6.87. The lowest BCUT2D eigenvalue weighted by molar-refractivity contribution is -0.114.